The molecule has 602 valence electrons. The van der Waals surface area contributed by atoms with Crippen molar-refractivity contribution in [2.45, 2.75) is 347 Å². The summed E-state index contributed by atoms with van der Waals surface area (Å²) in [6, 6.07) is 0. The molecule has 0 aromatic heterocycles. The van der Waals surface area contributed by atoms with E-state index in [2.05, 4.69) is 167 Å². The molecular weight excluding hydrogens is 1360 g/mol. The lowest BCUT2D eigenvalue weighted by atomic mass is 10.0. The Kier molecular flexibility index (Phi) is 75.6. The van der Waals surface area contributed by atoms with Crippen LogP contribution in [-0.2, 0) is 55.8 Å². The van der Waals surface area contributed by atoms with Crippen molar-refractivity contribution in [2.24, 2.45) is 0 Å². The molecule has 5 atom stereocenters. The maximum Gasteiger partial charge on any atom is 0.472 e. The Bertz CT molecular complexity index is 2490. The number of phosphoric ester groups is 2. The van der Waals surface area contributed by atoms with Crippen molar-refractivity contribution >= 4 is 33.6 Å². The number of hydrogen-bond donors (Lipinski definition) is 4. The summed E-state index contributed by atoms with van der Waals surface area (Å²) in [5, 5.41) is 20.7. The molecule has 16 nitrogen and oxygen atoms in total. The van der Waals surface area contributed by atoms with Crippen LogP contribution in [0.4, 0.5) is 0 Å². The van der Waals surface area contributed by atoms with Gasteiger partial charge in [-0.3, -0.25) is 32.5 Å². The van der Waals surface area contributed by atoms with Crippen molar-refractivity contribution in [2.75, 3.05) is 39.6 Å². The van der Waals surface area contributed by atoms with Crippen molar-refractivity contribution in [1.82, 2.24) is 0 Å². The van der Waals surface area contributed by atoms with Gasteiger partial charge in [-0.15, -0.1) is 0 Å². The van der Waals surface area contributed by atoms with E-state index in [1.54, 1.807) is 0 Å². The van der Waals surface area contributed by atoms with Crippen molar-refractivity contribution in [3.63, 3.8) is 0 Å². The minimum absolute atomic E-state index is 0.0829. The maximum absolute atomic E-state index is 13.0. The summed E-state index contributed by atoms with van der Waals surface area (Å²) in [5.41, 5.74) is 0. The van der Waals surface area contributed by atoms with Gasteiger partial charge in [0.1, 0.15) is 25.4 Å². The molecule has 5 unspecified atom stereocenters. The molecule has 0 aliphatic rings. The topological polar surface area (TPSA) is 231 Å². The molecule has 0 radical (unpaired) electrons. The predicted molar refractivity (Wildman–Crippen MR) is 436 cm³/mol. The van der Waals surface area contributed by atoms with Gasteiger partial charge in [0.2, 0.25) is 0 Å². The normalized spacial score (nSPS) is 14.7. The third-order valence-corrected chi connectivity index (χ3v) is 18.9. The van der Waals surface area contributed by atoms with Crippen LogP contribution in [0.3, 0.4) is 0 Å². The average molecular weight is 1510 g/mol. The largest absolute Gasteiger partial charge is 0.472 e. The van der Waals surface area contributed by atoms with Gasteiger partial charge in [-0.1, -0.05) is 314 Å². The zero-order chi connectivity index (χ0) is 76.6. The SMILES string of the molecule is CC/C=C\C/C=C\C/C=C\C/C=C\C/C=C\C/C=C\CCCCCCCCCCCCCCCCCCC(=O)OCC(O)COP(=O)(O)OCC(O)COP(=O)(O)OCC(COC(=O)CCCCCCCC/C=C\C/C=C\C/C=C\C/C=C\CC)OC(=O)CCCCCCC/C=C\C/C=C\CCCCC. The molecule has 0 spiro atoms. The van der Waals surface area contributed by atoms with Crippen LogP contribution in [0.2, 0.25) is 0 Å². The van der Waals surface area contributed by atoms with E-state index in [9.17, 15) is 43.5 Å². The summed E-state index contributed by atoms with van der Waals surface area (Å²) >= 11 is 0. The summed E-state index contributed by atoms with van der Waals surface area (Å²) in [6.07, 6.45) is 97.6. The summed E-state index contributed by atoms with van der Waals surface area (Å²) in [7, 11) is -9.80. The number of unbranched alkanes of at least 4 members (excludes halogenated alkanes) is 30. The Labute approximate surface area is 638 Å². The number of allylic oxidation sites excluding steroid dienone is 24. The number of aliphatic hydroxyl groups is 2. The van der Waals surface area contributed by atoms with E-state index in [4.69, 9.17) is 32.3 Å². The summed E-state index contributed by atoms with van der Waals surface area (Å²) in [4.78, 5) is 58.7. The van der Waals surface area contributed by atoms with Gasteiger partial charge in [0.15, 0.2) is 6.10 Å². The molecule has 0 saturated heterocycles. The number of carbonyl (C=O) groups is 3. The molecule has 0 bridgehead atoms. The Morgan fingerprint density at radius 2 is 0.505 bits per heavy atom. The number of rotatable bonds is 77. The van der Waals surface area contributed by atoms with Gasteiger partial charge in [0, 0.05) is 19.3 Å². The number of phosphoric acid groups is 2. The van der Waals surface area contributed by atoms with Crippen molar-refractivity contribution in [3.8, 4) is 0 Å². The summed E-state index contributed by atoms with van der Waals surface area (Å²) < 4.78 is 61.1. The molecule has 0 amide bonds. The molecule has 0 fully saturated rings. The zero-order valence-electron chi connectivity index (χ0n) is 65.9. The second-order valence-corrected chi connectivity index (χ2v) is 30.1. The monoisotopic (exact) mass is 1510 g/mol. The van der Waals surface area contributed by atoms with Gasteiger partial charge in [0.25, 0.3) is 0 Å². The highest BCUT2D eigenvalue weighted by Gasteiger charge is 2.29. The fourth-order valence-corrected chi connectivity index (χ4v) is 12.4. The average Bonchev–Trinajstić information content (AvgIpc) is 0.942. The summed E-state index contributed by atoms with van der Waals surface area (Å²) in [6.45, 7) is 2.41. The molecule has 0 aliphatic carbocycles. The quantitative estimate of drug-likeness (QED) is 0.0146. The van der Waals surface area contributed by atoms with Crippen LogP contribution in [0.1, 0.15) is 329 Å². The zero-order valence-corrected chi connectivity index (χ0v) is 67.6. The third kappa shape index (κ3) is 80.3. The first kappa shape index (κ1) is 100. The minimum atomic E-state index is -4.94. The van der Waals surface area contributed by atoms with E-state index in [1.807, 2.05) is 0 Å². The predicted octanol–water partition coefficient (Wildman–Crippen LogP) is 24.4. The molecule has 105 heavy (non-hydrogen) atoms. The van der Waals surface area contributed by atoms with Crippen LogP contribution in [0, 0.1) is 0 Å². The fourth-order valence-electron chi connectivity index (χ4n) is 10.8. The van der Waals surface area contributed by atoms with Gasteiger partial charge >= 0.3 is 33.6 Å². The van der Waals surface area contributed by atoms with Crippen molar-refractivity contribution in [3.05, 3.63) is 146 Å². The molecular formula is C87H148O16P2. The number of carbonyl (C=O) groups excluding carboxylic acids is 3. The molecule has 0 aromatic carbocycles. The Morgan fingerprint density at radius 1 is 0.276 bits per heavy atom. The first-order chi connectivity index (χ1) is 51.2. The van der Waals surface area contributed by atoms with Crippen molar-refractivity contribution < 1.29 is 75.8 Å². The molecule has 0 aromatic rings. The lowest BCUT2D eigenvalue weighted by Gasteiger charge is -2.21. The van der Waals surface area contributed by atoms with Crippen LogP contribution in [0.15, 0.2) is 146 Å². The molecule has 4 N–H and O–H groups in total. The molecule has 0 aliphatic heterocycles. The Morgan fingerprint density at radius 3 is 0.800 bits per heavy atom. The number of hydrogen-bond acceptors (Lipinski definition) is 14. The fraction of sp³-hybridized carbons (Fsp3) is 0.690. The molecule has 18 heteroatoms. The molecule has 0 heterocycles. The highest BCUT2D eigenvalue weighted by Crippen LogP contribution is 2.45. The van der Waals surface area contributed by atoms with Crippen LogP contribution in [-0.4, -0.2) is 95.9 Å². The van der Waals surface area contributed by atoms with Crippen LogP contribution in [0.25, 0.3) is 0 Å². The van der Waals surface area contributed by atoms with E-state index in [1.165, 1.54) is 103 Å². The van der Waals surface area contributed by atoms with Gasteiger partial charge in [-0.25, -0.2) is 9.13 Å². The van der Waals surface area contributed by atoms with Gasteiger partial charge in [-0.2, -0.15) is 0 Å². The van der Waals surface area contributed by atoms with Crippen LogP contribution < -0.4 is 0 Å². The molecule has 0 rings (SSSR count). The second kappa shape index (κ2) is 79.0. The minimum Gasteiger partial charge on any atom is -0.463 e. The van der Waals surface area contributed by atoms with Gasteiger partial charge < -0.3 is 34.2 Å². The highest BCUT2D eigenvalue weighted by atomic mass is 31.2. The standard InChI is InChI=1S/C87H148O16P2/c1-4-7-10-13-16-19-22-25-28-30-32-33-34-35-36-37-38-39-40-41-42-43-44-45-46-47-49-51-53-55-58-61-64-67-70-73-85(90)97-76-82(88)77-99-104(93,94)100-78-83(89)79-101-105(95,96)102-81-84(103-87(92)75-72-69-66-63-60-57-52-27-24-21-18-15-12-9-6-3)80-98-86(91)74-71-68-65-62-59-56-54-50-48-31-29-26-23-20-17-14-11-8-5-2/h7-8,10-11,16-21,25-29,32-33,35-36,38-39,48,50,52,82-84,88-89H,4-6,9,12-15,22-24,30-31,34,37,40-47,49,51,53-81H2,1-3H3,(H,93,94)(H,95,96)/b10-7-,11-8-,19-16-,20-17-,21-18-,28-25-,29-26-,33-32-,36-35-,39-38-,50-48-,52-27-. The van der Waals surface area contributed by atoms with Crippen LogP contribution >= 0.6 is 15.6 Å². The van der Waals surface area contributed by atoms with E-state index in [0.29, 0.717) is 19.3 Å². The second-order valence-electron chi connectivity index (χ2n) is 27.2. The maximum atomic E-state index is 13.0. The Balaban J connectivity index is 4.43. The van der Waals surface area contributed by atoms with Crippen LogP contribution in [0.5, 0.6) is 0 Å². The number of ether oxygens (including phenoxy) is 3. The Hall–Kier alpha value is -4.57. The lowest BCUT2D eigenvalue weighted by Crippen LogP contribution is -2.30. The highest BCUT2D eigenvalue weighted by molar-refractivity contribution is 7.47. The van der Waals surface area contributed by atoms with E-state index in [0.717, 1.165) is 167 Å². The smallest absolute Gasteiger partial charge is 0.463 e. The van der Waals surface area contributed by atoms with Gasteiger partial charge in [0.05, 0.1) is 26.4 Å². The van der Waals surface area contributed by atoms with E-state index in [-0.39, 0.29) is 19.3 Å². The summed E-state index contributed by atoms with van der Waals surface area (Å²) in [5.74, 6) is -1.60. The van der Waals surface area contributed by atoms with Gasteiger partial charge in [-0.05, 0) is 141 Å². The van der Waals surface area contributed by atoms with E-state index >= 15 is 0 Å². The molecule has 0 saturated carbocycles. The van der Waals surface area contributed by atoms with Crippen molar-refractivity contribution in [1.29, 1.82) is 0 Å². The number of aliphatic hydroxyl groups excluding tert-OH is 2. The van der Waals surface area contributed by atoms with E-state index < -0.39 is 91.5 Å². The third-order valence-electron chi connectivity index (χ3n) is 17.0. The first-order valence-corrected chi connectivity index (χ1v) is 44.1. The number of esters is 3. The first-order valence-electron chi connectivity index (χ1n) is 41.1. The lowest BCUT2D eigenvalue weighted by molar-refractivity contribution is -0.161.